The fourth-order valence-electron chi connectivity index (χ4n) is 1.56. The summed E-state index contributed by atoms with van der Waals surface area (Å²) in [7, 11) is 1.75. The summed E-state index contributed by atoms with van der Waals surface area (Å²) in [6.07, 6.45) is 3.14. The van der Waals surface area contributed by atoms with Gasteiger partial charge in [0.2, 0.25) is 0 Å². The standard InChI is InChI=1S/C12H22N2OS/c1-4-6-13-11(8-15-3)7-12-14-10(5-2)9-16-12/h9,11,13H,4-8H2,1-3H3. The van der Waals surface area contributed by atoms with Crippen LogP contribution < -0.4 is 5.32 Å². The van der Waals surface area contributed by atoms with Gasteiger partial charge in [-0.25, -0.2) is 4.98 Å². The third-order valence-electron chi connectivity index (χ3n) is 2.43. The van der Waals surface area contributed by atoms with Gasteiger partial charge in [0.15, 0.2) is 0 Å². The Morgan fingerprint density at radius 1 is 1.50 bits per heavy atom. The fourth-order valence-corrected chi connectivity index (χ4v) is 2.51. The minimum atomic E-state index is 0.390. The lowest BCUT2D eigenvalue weighted by molar-refractivity contribution is 0.166. The van der Waals surface area contributed by atoms with Crippen LogP contribution in [0.1, 0.15) is 31.0 Å². The van der Waals surface area contributed by atoms with Gasteiger partial charge >= 0.3 is 0 Å². The van der Waals surface area contributed by atoms with E-state index in [4.69, 9.17) is 4.74 Å². The normalized spacial score (nSPS) is 12.9. The molecule has 16 heavy (non-hydrogen) atoms. The third kappa shape index (κ3) is 4.60. The van der Waals surface area contributed by atoms with E-state index in [9.17, 15) is 0 Å². The lowest BCUT2D eigenvalue weighted by Crippen LogP contribution is -2.35. The van der Waals surface area contributed by atoms with Crippen LogP contribution in [-0.2, 0) is 17.6 Å². The zero-order valence-corrected chi connectivity index (χ0v) is 11.3. The summed E-state index contributed by atoms with van der Waals surface area (Å²) in [5, 5.41) is 6.85. The molecule has 0 spiro atoms. The smallest absolute Gasteiger partial charge is 0.0944 e. The molecule has 3 nitrogen and oxygen atoms in total. The molecule has 0 bridgehead atoms. The lowest BCUT2D eigenvalue weighted by Gasteiger charge is -2.15. The molecule has 0 saturated carbocycles. The van der Waals surface area contributed by atoms with Gasteiger partial charge in [0.05, 0.1) is 17.3 Å². The highest BCUT2D eigenvalue weighted by Crippen LogP contribution is 2.12. The molecular formula is C12H22N2OS. The van der Waals surface area contributed by atoms with Crippen LogP contribution in [0.3, 0.4) is 0 Å². The van der Waals surface area contributed by atoms with E-state index < -0.39 is 0 Å². The van der Waals surface area contributed by atoms with E-state index in [1.807, 2.05) is 0 Å². The monoisotopic (exact) mass is 242 g/mol. The van der Waals surface area contributed by atoms with Gasteiger partial charge in [-0.05, 0) is 19.4 Å². The van der Waals surface area contributed by atoms with E-state index in [1.54, 1.807) is 18.4 Å². The largest absolute Gasteiger partial charge is 0.383 e. The number of methoxy groups -OCH3 is 1. The van der Waals surface area contributed by atoms with Crippen LogP contribution >= 0.6 is 11.3 Å². The number of aromatic nitrogens is 1. The molecule has 0 aliphatic carbocycles. The molecule has 0 aliphatic rings. The van der Waals surface area contributed by atoms with Gasteiger partial charge in [0, 0.05) is 25.0 Å². The SMILES string of the molecule is CCCNC(COC)Cc1nc(CC)cs1. The number of rotatable bonds is 8. The highest BCUT2D eigenvalue weighted by Gasteiger charge is 2.10. The average molecular weight is 242 g/mol. The zero-order chi connectivity index (χ0) is 11.8. The van der Waals surface area contributed by atoms with E-state index in [0.717, 1.165) is 32.4 Å². The number of hydrogen-bond acceptors (Lipinski definition) is 4. The molecule has 4 heteroatoms. The van der Waals surface area contributed by atoms with Gasteiger partial charge in [-0.2, -0.15) is 0 Å². The molecule has 1 N–H and O–H groups in total. The summed E-state index contributed by atoms with van der Waals surface area (Å²) in [6.45, 7) is 6.11. The summed E-state index contributed by atoms with van der Waals surface area (Å²) in [4.78, 5) is 4.58. The van der Waals surface area contributed by atoms with Crippen LogP contribution in [0.25, 0.3) is 0 Å². The number of nitrogens with one attached hydrogen (secondary N) is 1. The topological polar surface area (TPSA) is 34.1 Å². The second kappa shape index (κ2) is 7.76. The summed E-state index contributed by atoms with van der Waals surface area (Å²) in [5.41, 5.74) is 1.20. The predicted octanol–water partition coefficient (Wildman–Crippen LogP) is 2.26. The minimum absolute atomic E-state index is 0.390. The molecule has 1 aromatic heterocycles. The van der Waals surface area contributed by atoms with Gasteiger partial charge in [0.1, 0.15) is 0 Å². The van der Waals surface area contributed by atoms with Crippen molar-refractivity contribution in [2.45, 2.75) is 39.2 Å². The number of ether oxygens (including phenoxy) is 1. The number of nitrogens with zero attached hydrogens (tertiary/aromatic N) is 1. The maximum absolute atomic E-state index is 5.22. The third-order valence-corrected chi connectivity index (χ3v) is 3.35. The Hall–Kier alpha value is -0.450. The van der Waals surface area contributed by atoms with Crippen LogP contribution in [-0.4, -0.2) is 31.3 Å². The molecule has 0 saturated heterocycles. The molecule has 1 rings (SSSR count). The molecule has 0 radical (unpaired) electrons. The summed E-state index contributed by atoms with van der Waals surface area (Å²) in [6, 6.07) is 0.390. The van der Waals surface area contributed by atoms with E-state index in [0.29, 0.717) is 6.04 Å². The van der Waals surface area contributed by atoms with Gasteiger partial charge < -0.3 is 10.1 Å². The second-order valence-corrected chi connectivity index (χ2v) is 4.84. The average Bonchev–Trinajstić information content (AvgIpc) is 2.74. The summed E-state index contributed by atoms with van der Waals surface area (Å²) < 4.78 is 5.22. The summed E-state index contributed by atoms with van der Waals surface area (Å²) in [5.74, 6) is 0. The highest BCUT2D eigenvalue weighted by atomic mass is 32.1. The molecule has 1 heterocycles. The van der Waals surface area contributed by atoms with Crippen molar-refractivity contribution in [1.82, 2.24) is 10.3 Å². The minimum Gasteiger partial charge on any atom is -0.383 e. The van der Waals surface area contributed by atoms with Crippen LogP contribution in [0.4, 0.5) is 0 Å². The first-order valence-corrected chi connectivity index (χ1v) is 6.83. The van der Waals surface area contributed by atoms with Crippen molar-refractivity contribution in [2.75, 3.05) is 20.3 Å². The van der Waals surface area contributed by atoms with E-state index in [2.05, 4.69) is 29.5 Å². The molecule has 1 atom stereocenters. The first kappa shape index (κ1) is 13.6. The number of hydrogen-bond donors (Lipinski definition) is 1. The highest BCUT2D eigenvalue weighted by molar-refractivity contribution is 7.09. The first-order chi connectivity index (χ1) is 7.80. The second-order valence-electron chi connectivity index (χ2n) is 3.90. The van der Waals surface area contributed by atoms with Crippen molar-refractivity contribution in [2.24, 2.45) is 0 Å². The van der Waals surface area contributed by atoms with Crippen molar-refractivity contribution in [3.8, 4) is 0 Å². The van der Waals surface area contributed by atoms with Crippen molar-refractivity contribution in [1.29, 1.82) is 0 Å². The Balaban J connectivity index is 2.46. The maximum Gasteiger partial charge on any atom is 0.0944 e. The fraction of sp³-hybridized carbons (Fsp3) is 0.750. The van der Waals surface area contributed by atoms with Crippen LogP contribution in [0, 0.1) is 0 Å². The first-order valence-electron chi connectivity index (χ1n) is 5.95. The van der Waals surface area contributed by atoms with Gasteiger partial charge in [-0.1, -0.05) is 13.8 Å². The molecule has 92 valence electrons. The van der Waals surface area contributed by atoms with E-state index >= 15 is 0 Å². The van der Waals surface area contributed by atoms with E-state index in [1.165, 1.54) is 10.7 Å². The molecule has 0 aliphatic heterocycles. The van der Waals surface area contributed by atoms with Crippen molar-refractivity contribution in [3.63, 3.8) is 0 Å². The quantitative estimate of drug-likeness (QED) is 0.759. The Morgan fingerprint density at radius 2 is 2.31 bits per heavy atom. The molecule has 0 amide bonds. The summed E-state index contributed by atoms with van der Waals surface area (Å²) >= 11 is 1.76. The van der Waals surface area contributed by atoms with Crippen LogP contribution in [0.5, 0.6) is 0 Å². The van der Waals surface area contributed by atoms with E-state index in [-0.39, 0.29) is 0 Å². The lowest BCUT2D eigenvalue weighted by atomic mass is 10.2. The molecule has 1 aromatic rings. The van der Waals surface area contributed by atoms with Gasteiger partial charge in [-0.15, -0.1) is 11.3 Å². The number of thiazole rings is 1. The Kier molecular flexibility index (Phi) is 6.61. The van der Waals surface area contributed by atoms with Crippen molar-refractivity contribution >= 4 is 11.3 Å². The maximum atomic E-state index is 5.22. The Bertz CT molecular complexity index is 288. The number of aryl methyl sites for hydroxylation is 1. The predicted molar refractivity (Wildman–Crippen MR) is 69.2 cm³/mol. The molecule has 0 aromatic carbocycles. The molecule has 1 unspecified atom stereocenters. The van der Waals surface area contributed by atoms with Gasteiger partial charge in [-0.3, -0.25) is 0 Å². The molecule has 0 fully saturated rings. The van der Waals surface area contributed by atoms with Gasteiger partial charge in [0.25, 0.3) is 0 Å². The van der Waals surface area contributed by atoms with Crippen molar-refractivity contribution < 1.29 is 4.74 Å². The zero-order valence-electron chi connectivity index (χ0n) is 10.5. The molecular weight excluding hydrogens is 220 g/mol. The van der Waals surface area contributed by atoms with Crippen LogP contribution in [0.2, 0.25) is 0 Å². The van der Waals surface area contributed by atoms with Crippen molar-refractivity contribution in [3.05, 3.63) is 16.1 Å². The Morgan fingerprint density at radius 3 is 2.88 bits per heavy atom. The Labute approximate surface area is 102 Å². The van der Waals surface area contributed by atoms with Crippen LogP contribution in [0.15, 0.2) is 5.38 Å².